The number of aromatic nitrogens is 3. The first-order valence-electron chi connectivity index (χ1n) is 5.68. The smallest absolute Gasteiger partial charge is 0.295 e. The molecule has 0 saturated carbocycles. The molecule has 0 atom stereocenters. The Labute approximate surface area is 129 Å². The van der Waals surface area contributed by atoms with Crippen LogP contribution in [0.4, 0.5) is 0 Å². The van der Waals surface area contributed by atoms with Gasteiger partial charge in [-0.15, -0.1) is 28.3 Å². The summed E-state index contributed by atoms with van der Waals surface area (Å²) in [4.78, 5) is 16.1. The first kappa shape index (κ1) is 14.7. The van der Waals surface area contributed by atoms with Crippen LogP contribution in [0.15, 0.2) is 34.4 Å². The van der Waals surface area contributed by atoms with Crippen molar-refractivity contribution in [1.82, 2.24) is 14.6 Å². The predicted octanol–water partition coefficient (Wildman–Crippen LogP) is 2.71. The zero-order valence-electron chi connectivity index (χ0n) is 10.9. The molecule has 0 spiro atoms. The van der Waals surface area contributed by atoms with Gasteiger partial charge in [-0.2, -0.15) is 10.1 Å². The Morgan fingerprint density at radius 3 is 2.60 bits per heavy atom. The van der Waals surface area contributed by atoms with Crippen LogP contribution in [-0.2, 0) is 0 Å². The maximum atomic E-state index is 11.5. The number of halogens is 1. The van der Waals surface area contributed by atoms with Crippen molar-refractivity contribution in [1.29, 1.82) is 0 Å². The van der Waals surface area contributed by atoms with E-state index in [1.54, 1.807) is 18.5 Å². The van der Waals surface area contributed by atoms with Crippen molar-refractivity contribution >= 4 is 33.3 Å². The topological polar surface area (TPSA) is 56.5 Å². The summed E-state index contributed by atoms with van der Waals surface area (Å²) in [5.41, 5.74) is 2.04. The second kappa shape index (κ2) is 5.72. The molecule has 0 bridgehead atoms. The quantitative estimate of drug-likeness (QED) is 0.710. The van der Waals surface area contributed by atoms with E-state index in [2.05, 4.69) is 10.1 Å². The molecule has 2 aromatic heterocycles. The summed E-state index contributed by atoms with van der Waals surface area (Å²) >= 11 is 1.40. The number of ether oxygens (including phenoxy) is 1. The van der Waals surface area contributed by atoms with Crippen LogP contribution < -0.4 is 10.3 Å². The SMILES string of the molecule is Br.COc1ccc(-c2csc3nc(=O)c(C)nn23)cc1. The summed E-state index contributed by atoms with van der Waals surface area (Å²) in [6.45, 7) is 1.66. The van der Waals surface area contributed by atoms with Crippen LogP contribution in [0.3, 0.4) is 0 Å². The van der Waals surface area contributed by atoms with Gasteiger partial charge in [0.15, 0.2) is 0 Å². The summed E-state index contributed by atoms with van der Waals surface area (Å²) < 4.78 is 6.83. The number of benzene rings is 1. The molecule has 104 valence electrons. The summed E-state index contributed by atoms with van der Waals surface area (Å²) in [6.07, 6.45) is 0. The molecule has 1 aromatic carbocycles. The van der Waals surface area contributed by atoms with E-state index in [1.165, 1.54) is 11.3 Å². The molecule has 3 aromatic rings. The van der Waals surface area contributed by atoms with Crippen molar-refractivity contribution < 1.29 is 4.74 Å². The van der Waals surface area contributed by atoms with Crippen LogP contribution in [0.25, 0.3) is 16.2 Å². The number of rotatable bonds is 2. The average molecular weight is 354 g/mol. The zero-order chi connectivity index (χ0) is 13.4. The number of hydrogen-bond donors (Lipinski definition) is 0. The minimum Gasteiger partial charge on any atom is -0.497 e. The number of fused-ring (bicyclic) bond motifs is 1. The van der Waals surface area contributed by atoms with Gasteiger partial charge in [0.25, 0.3) is 5.56 Å². The van der Waals surface area contributed by atoms with Crippen molar-refractivity contribution in [2.75, 3.05) is 7.11 Å². The second-order valence-corrected chi connectivity index (χ2v) is 4.88. The lowest BCUT2D eigenvalue weighted by Gasteiger charge is -2.03. The van der Waals surface area contributed by atoms with Gasteiger partial charge in [0.1, 0.15) is 11.4 Å². The van der Waals surface area contributed by atoms with Gasteiger partial charge in [0.05, 0.1) is 12.8 Å². The highest BCUT2D eigenvalue weighted by atomic mass is 79.9. The lowest BCUT2D eigenvalue weighted by molar-refractivity contribution is 0.415. The third kappa shape index (κ3) is 2.46. The van der Waals surface area contributed by atoms with Gasteiger partial charge in [-0.1, -0.05) is 0 Å². The Morgan fingerprint density at radius 2 is 1.95 bits per heavy atom. The van der Waals surface area contributed by atoms with E-state index in [4.69, 9.17) is 4.74 Å². The fraction of sp³-hybridized carbons (Fsp3) is 0.154. The van der Waals surface area contributed by atoms with Gasteiger partial charge in [-0.05, 0) is 31.2 Å². The minimum absolute atomic E-state index is 0. The van der Waals surface area contributed by atoms with Crippen molar-refractivity contribution in [3.05, 3.63) is 45.7 Å². The van der Waals surface area contributed by atoms with Gasteiger partial charge < -0.3 is 4.74 Å². The van der Waals surface area contributed by atoms with Gasteiger partial charge in [0, 0.05) is 10.9 Å². The lowest BCUT2D eigenvalue weighted by atomic mass is 10.2. The third-order valence-electron chi connectivity index (χ3n) is 2.83. The molecule has 0 amide bonds. The van der Waals surface area contributed by atoms with Crippen LogP contribution in [-0.4, -0.2) is 21.7 Å². The number of nitrogens with zero attached hydrogens (tertiary/aromatic N) is 3. The fourth-order valence-corrected chi connectivity index (χ4v) is 2.62. The van der Waals surface area contributed by atoms with E-state index in [1.807, 2.05) is 29.6 Å². The van der Waals surface area contributed by atoms with E-state index in [-0.39, 0.29) is 22.5 Å². The lowest BCUT2D eigenvalue weighted by Crippen LogP contribution is -2.14. The third-order valence-corrected chi connectivity index (χ3v) is 3.64. The summed E-state index contributed by atoms with van der Waals surface area (Å²) in [5.74, 6) is 0.803. The molecule has 3 rings (SSSR count). The van der Waals surface area contributed by atoms with Crippen molar-refractivity contribution in [2.24, 2.45) is 0 Å². The Balaban J connectivity index is 0.00000147. The number of methoxy groups -OCH3 is 1. The summed E-state index contributed by atoms with van der Waals surface area (Å²) in [6, 6.07) is 7.69. The summed E-state index contributed by atoms with van der Waals surface area (Å²) in [5, 5.41) is 6.22. The molecule has 0 aliphatic carbocycles. The van der Waals surface area contributed by atoms with E-state index in [0.29, 0.717) is 10.7 Å². The van der Waals surface area contributed by atoms with Crippen LogP contribution in [0.2, 0.25) is 0 Å². The molecule has 0 saturated heterocycles. The molecule has 0 fully saturated rings. The van der Waals surface area contributed by atoms with E-state index in [9.17, 15) is 4.79 Å². The normalized spacial score (nSPS) is 10.3. The molecule has 0 N–H and O–H groups in total. The first-order chi connectivity index (χ1) is 9.19. The molecular weight excluding hydrogens is 342 g/mol. The Morgan fingerprint density at radius 1 is 1.25 bits per heavy atom. The molecule has 0 aliphatic rings. The number of thiazole rings is 1. The van der Waals surface area contributed by atoms with Gasteiger partial charge in [-0.25, -0.2) is 4.52 Å². The van der Waals surface area contributed by atoms with E-state index < -0.39 is 0 Å². The van der Waals surface area contributed by atoms with Gasteiger partial charge in [-0.3, -0.25) is 4.79 Å². The molecule has 20 heavy (non-hydrogen) atoms. The van der Waals surface area contributed by atoms with Gasteiger partial charge >= 0.3 is 0 Å². The number of aryl methyl sites for hydroxylation is 1. The first-order valence-corrected chi connectivity index (χ1v) is 6.56. The largest absolute Gasteiger partial charge is 0.497 e. The van der Waals surface area contributed by atoms with Crippen molar-refractivity contribution in [3.8, 4) is 17.0 Å². The van der Waals surface area contributed by atoms with Crippen molar-refractivity contribution in [2.45, 2.75) is 6.92 Å². The Bertz CT molecular complexity index is 795. The zero-order valence-corrected chi connectivity index (χ0v) is 13.4. The molecule has 0 aliphatic heterocycles. The highest BCUT2D eigenvalue weighted by molar-refractivity contribution is 8.93. The van der Waals surface area contributed by atoms with Crippen LogP contribution in [0, 0.1) is 6.92 Å². The highest BCUT2D eigenvalue weighted by Gasteiger charge is 2.09. The Hall–Kier alpha value is -1.73. The highest BCUT2D eigenvalue weighted by Crippen LogP contribution is 2.25. The van der Waals surface area contributed by atoms with E-state index in [0.717, 1.165) is 17.0 Å². The van der Waals surface area contributed by atoms with E-state index >= 15 is 0 Å². The van der Waals surface area contributed by atoms with Crippen LogP contribution >= 0.6 is 28.3 Å². The van der Waals surface area contributed by atoms with Crippen LogP contribution in [0.5, 0.6) is 5.75 Å². The molecule has 2 heterocycles. The second-order valence-electron chi connectivity index (χ2n) is 4.05. The molecule has 0 radical (unpaired) electrons. The molecule has 7 heteroatoms. The minimum atomic E-state index is -0.275. The van der Waals surface area contributed by atoms with Crippen LogP contribution in [0.1, 0.15) is 5.69 Å². The molecular formula is C13H12BrN3O2S. The number of hydrogen-bond acceptors (Lipinski definition) is 5. The van der Waals surface area contributed by atoms with Gasteiger partial charge in [0.2, 0.25) is 4.96 Å². The standard InChI is InChI=1S/C13H11N3O2S.BrH/c1-8-12(17)14-13-16(15-8)11(7-19-13)9-3-5-10(18-2)6-4-9;/h3-7H,1-2H3;1H. The monoisotopic (exact) mass is 353 g/mol. The maximum Gasteiger partial charge on any atom is 0.295 e. The molecule has 0 unspecified atom stereocenters. The fourth-order valence-electron chi connectivity index (χ4n) is 1.79. The summed E-state index contributed by atoms with van der Waals surface area (Å²) in [7, 11) is 1.63. The Kier molecular flexibility index (Phi) is 4.20. The predicted molar refractivity (Wildman–Crippen MR) is 84.2 cm³/mol. The molecule has 5 nitrogen and oxygen atoms in total. The van der Waals surface area contributed by atoms with Crippen molar-refractivity contribution in [3.63, 3.8) is 0 Å². The average Bonchev–Trinajstić information content (AvgIpc) is 2.82. The maximum absolute atomic E-state index is 11.5.